The maximum Gasteiger partial charge on any atom is 0.124 e. The van der Waals surface area contributed by atoms with Crippen molar-refractivity contribution in [2.24, 2.45) is 5.84 Å². The van der Waals surface area contributed by atoms with Crippen molar-refractivity contribution in [1.29, 1.82) is 0 Å². The summed E-state index contributed by atoms with van der Waals surface area (Å²) in [6, 6.07) is 16.4. The zero-order valence-corrected chi connectivity index (χ0v) is 12.1. The lowest BCUT2D eigenvalue weighted by Gasteiger charge is -2.19. The molecule has 3 nitrogen and oxygen atoms in total. The molecule has 2 aromatic rings. The van der Waals surface area contributed by atoms with Crippen LogP contribution >= 0.6 is 0 Å². The van der Waals surface area contributed by atoms with Gasteiger partial charge in [-0.1, -0.05) is 55.8 Å². The Morgan fingerprint density at radius 1 is 1.10 bits per heavy atom. The normalized spacial score (nSPS) is 12.2. The molecule has 1 unspecified atom stereocenters. The number of hydrogen-bond acceptors (Lipinski definition) is 3. The Balaban J connectivity index is 2.31. The molecule has 1 atom stereocenters. The van der Waals surface area contributed by atoms with E-state index in [1.54, 1.807) is 7.11 Å². The smallest absolute Gasteiger partial charge is 0.124 e. The van der Waals surface area contributed by atoms with Crippen molar-refractivity contribution >= 4 is 0 Å². The molecule has 0 heterocycles. The van der Waals surface area contributed by atoms with Gasteiger partial charge in [0, 0.05) is 5.56 Å². The molecule has 0 saturated carbocycles. The van der Waals surface area contributed by atoms with Gasteiger partial charge >= 0.3 is 0 Å². The first kappa shape index (κ1) is 14.6. The second kappa shape index (κ2) is 7.08. The van der Waals surface area contributed by atoms with Crippen LogP contribution in [0.5, 0.6) is 5.75 Å². The monoisotopic (exact) mass is 270 g/mol. The number of nitrogens with one attached hydrogen (secondary N) is 1. The predicted molar refractivity (Wildman–Crippen MR) is 82.6 cm³/mol. The van der Waals surface area contributed by atoms with Gasteiger partial charge in [-0.15, -0.1) is 0 Å². The lowest BCUT2D eigenvalue weighted by atomic mass is 9.97. The fourth-order valence-corrected chi connectivity index (χ4v) is 2.44. The average molecular weight is 270 g/mol. The van der Waals surface area contributed by atoms with Crippen molar-refractivity contribution in [2.45, 2.75) is 25.8 Å². The molecule has 0 saturated heterocycles. The summed E-state index contributed by atoms with van der Waals surface area (Å²) in [5.74, 6) is 6.59. The highest BCUT2D eigenvalue weighted by Crippen LogP contribution is 2.29. The third kappa shape index (κ3) is 3.18. The van der Waals surface area contributed by atoms with E-state index in [1.807, 2.05) is 24.3 Å². The minimum atomic E-state index is -0.0678. The molecule has 106 valence electrons. The Labute approximate surface area is 120 Å². The van der Waals surface area contributed by atoms with Crippen molar-refractivity contribution in [3.05, 3.63) is 65.2 Å². The molecular weight excluding hydrogens is 248 g/mol. The molecular formula is C17H22N2O. The number of para-hydroxylation sites is 1. The predicted octanol–water partition coefficient (Wildman–Crippen LogP) is 3.20. The van der Waals surface area contributed by atoms with E-state index in [4.69, 9.17) is 10.6 Å². The summed E-state index contributed by atoms with van der Waals surface area (Å²) in [6.07, 6.45) is 2.26. The minimum absolute atomic E-state index is 0.0678. The van der Waals surface area contributed by atoms with Crippen LogP contribution in [0.1, 0.15) is 36.1 Å². The average Bonchev–Trinajstić information content (AvgIpc) is 2.50. The molecule has 0 aliphatic heterocycles. The van der Waals surface area contributed by atoms with Crippen LogP contribution in [-0.2, 0) is 6.42 Å². The molecule has 0 aliphatic carbocycles. The van der Waals surface area contributed by atoms with Crippen LogP contribution in [-0.4, -0.2) is 7.11 Å². The highest BCUT2D eigenvalue weighted by molar-refractivity contribution is 5.42. The first-order valence-electron chi connectivity index (χ1n) is 6.98. The zero-order valence-electron chi connectivity index (χ0n) is 12.1. The van der Waals surface area contributed by atoms with E-state index in [1.165, 1.54) is 5.56 Å². The summed E-state index contributed by atoms with van der Waals surface area (Å²) >= 11 is 0. The van der Waals surface area contributed by atoms with Gasteiger partial charge < -0.3 is 4.74 Å². The van der Waals surface area contributed by atoms with Crippen LogP contribution < -0.4 is 16.0 Å². The maximum atomic E-state index is 5.75. The highest BCUT2D eigenvalue weighted by Gasteiger charge is 2.16. The molecule has 2 aromatic carbocycles. The molecule has 0 fully saturated rings. The van der Waals surface area contributed by atoms with Crippen LogP contribution in [0, 0.1) is 0 Å². The van der Waals surface area contributed by atoms with Crippen molar-refractivity contribution in [3.63, 3.8) is 0 Å². The SMILES string of the molecule is CCCc1ccc(C(NN)c2ccccc2OC)cc1. The molecule has 0 radical (unpaired) electrons. The Morgan fingerprint density at radius 3 is 2.40 bits per heavy atom. The van der Waals surface area contributed by atoms with Gasteiger partial charge in [-0.05, 0) is 23.6 Å². The number of hydrogen-bond donors (Lipinski definition) is 2. The number of benzene rings is 2. The molecule has 2 rings (SSSR count). The molecule has 20 heavy (non-hydrogen) atoms. The number of aryl methyl sites for hydroxylation is 1. The lowest BCUT2D eigenvalue weighted by Crippen LogP contribution is -2.29. The third-order valence-corrected chi connectivity index (χ3v) is 3.47. The zero-order chi connectivity index (χ0) is 14.4. The second-order valence-electron chi connectivity index (χ2n) is 4.83. The standard InChI is InChI=1S/C17H22N2O/c1-3-6-13-9-11-14(12-10-13)17(19-18)15-7-4-5-8-16(15)20-2/h4-5,7-12,17,19H,3,6,18H2,1-2H3. The Kier molecular flexibility index (Phi) is 5.16. The summed E-state index contributed by atoms with van der Waals surface area (Å²) < 4.78 is 5.42. The number of methoxy groups -OCH3 is 1. The van der Waals surface area contributed by atoms with Crippen LogP contribution in [0.15, 0.2) is 48.5 Å². The Morgan fingerprint density at radius 2 is 1.80 bits per heavy atom. The van der Waals surface area contributed by atoms with E-state index in [2.05, 4.69) is 36.6 Å². The third-order valence-electron chi connectivity index (χ3n) is 3.47. The van der Waals surface area contributed by atoms with Crippen LogP contribution in [0.2, 0.25) is 0 Å². The fourth-order valence-electron chi connectivity index (χ4n) is 2.44. The first-order chi connectivity index (χ1) is 9.80. The number of nitrogens with two attached hydrogens (primary N) is 1. The molecule has 0 bridgehead atoms. The van der Waals surface area contributed by atoms with Gasteiger partial charge in [-0.2, -0.15) is 0 Å². The molecule has 0 amide bonds. The van der Waals surface area contributed by atoms with E-state index in [0.29, 0.717) is 0 Å². The largest absolute Gasteiger partial charge is 0.496 e. The maximum absolute atomic E-state index is 5.75. The van der Waals surface area contributed by atoms with Crippen molar-refractivity contribution in [2.75, 3.05) is 7.11 Å². The quantitative estimate of drug-likeness (QED) is 0.626. The van der Waals surface area contributed by atoms with Gasteiger partial charge in [0.2, 0.25) is 0 Å². The lowest BCUT2D eigenvalue weighted by molar-refractivity contribution is 0.404. The van der Waals surface area contributed by atoms with Gasteiger partial charge in [0.05, 0.1) is 13.2 Å². The van der Waals surface area contributed by atoms with E-state index >= 15 is 0 Å². The Bertz CT molecular complexity index is 537. The van der Waals surface area contributed by atoms with Crippen molar-refractivity contribution in [1.82, 2.24) is 5.43 Å². The topological polar surface area (TPSA) is 47.3 Å². The molecule has 0 aromatic heterocycles. The molecule has 0 aliphatic rings. The van der Waals surface area contributed by atoms with E-state index in [-0.39, 0.29) is 6.04 Å². The molecule has 3 N–H and O–H groups in total. The highest BCUT2D eigenvalue weighted by atomic mass is 16.5. The summed E-state index contributed by atoms with van der Waals surface area (Å²) in [7, 11) is 1.68. The van der Waals surface area contributed by atoms with Gasteiger partial charge in [-0.25, -0.2) is 5.43 Å². The molecule has 3 heteroatoms. The van der Waals surface area contributed by atoms with Crippen LogP contribution in [0.3, 0.4) is 0 Å². The second-order valence-corrected chi connectivity index (χ2v) is 4.83. The van der Waals surface area contributed by atoms with Crippen molar-refractivity contribution < 1.29 is 4.74 Å². The van der Waals surface area contributed by atoms with Crippen LogP contribution in [0.4, 0.5) is 0 Å². The minimum Gasteiger partial charge on any atom is -0.496 e. The number of ether oxygens (including phenoxy) is 1. The van der Waals surface area contributed by atoms with E-state index < -0.39 is 0 Å². The van der Waals surface area contributed by atoms with Crippen LogP contribution in [0.25, 0.3) is 0 Å². The van der Waals surface area contributed by atoms with Crippen molar-refractivity contribution in [3.8, 4) is 5.75 Å². The summed E-state index contributed by atoms with van der Waals surface area (Å²) in [5.41, 5.74) is 6.41. The summed E-state index contributed by atoms with van der Waals surface area (Å²) in [6.45, 7) is 2.19. The van der Waals surface area contributed by atoms with Gasteiger partial charge in [0.1, 0.15) is 5.75 Å². The van der Waals surface area contributed by atoms with Gasteiger partial charge in [0.25, 0.3) is 0 Å². The molecule has 0 spiro atoms. The number of rotatable bonds is 6. The summed E-state index contributed by atoms with van der Waals surface area (Å²) in [5, 5.41) is 0. The van der Waals surface area contributed by atoms with E-state index in [9.17, 15) is 0 Å². The Hall–Kier alpha value is -1.84. The number of hydrazine groups is 1. The van der Waals surface area contributed by atoms with Gasteiger partial charge in [-0.3, -0.25) is 5.84 Å². The first-order valence-corrected chi connectivity index (χ1v) is 6.98. The van der Waals surface area contributed by atoms with Gasteiger partial charge in [0.15, 0.2) is 0 Å². The van der Waals surface area contributed by atoms with E-state index in [0.717, 1.165) is 29.7 Å². The fraction of sp³-hybridized carbons (Fsp3) is 0.294. The summed E-state index contributed by atoms with van der Waals surface area (Å²) in [4.78, 5) is 0.